The van der Waals surface area contributed by atoms with Crippen LogP contribution in [0.3, 0.4) is 0 Å². The number of aryl methyl sites for hydroxylation is 1. The topological polar surface area (TPSA) is 67.7 Å². The molecule has 90 valence electrons. The fourth-order valence-electron chi connectivity index (χ4n) is 1.34. The van der Waals surface area contributed by atoms with Crippen LogP contribution in [0, 0.1) is 5.82 Å². The van der Waals surface area contributed by atoms with Crippen LogP contribution in [0.15, 0.2) is 18.6 Å². The lowest BCUT2D eigenvalue weighted by Crippen LogP contribution is -2.09. The van der Waals surface area contributed by atoms with Crippen molar-refractivity contribution < 1.29 is 4.39 Å². The zero-order valence-corrected chi connectivity index (χ0v) is 9.61. The number of halogens is 1. The Bertz CT molecular complexity index is 509. The van der Waals surface area contributed by atoms with Gasteiger partial charge in [-0.2, -0.15) is 4.98 Å². The summed E-state index contributed by atoms with van der Waals surface area (Å²) < 4.78 is 15.2. The normalized spacial score (nSPS) is 10.3. The lowest BCUT2D eigenvalue weighted by molar-refractivity contribution is 0.616. The highest BCUT2D eigenvalue weighted by Crippen LogP contribution is 2.12. The molecule has 0 saturated heterocycles. The van der Waals surface area contributed by atoms with E-state index in [1.54, 1.807) is 13.2 Å². The molecular weight excluding hydrogens is 223 g/mol. The third kappa shape index (κ3) is 2.49. The van der Waals surface area contributed by atoms with Crippen molar-refractivity contribution >= 4 is 11.8 Å². The molecule has 0 unspecified atom stereocenters. The fraction of sp³-hybridized carbons (Fsp3) is 0.300. The summed E-state index contributed by atoms with van der Waals surface area (Å²) >= 11 is 0. The molecule has 2 heterocycles. The quantitative estimate of drug-likeness (QED) is 0.829. The molecule has 0 bridgehead atoms. The Balaban J connectivity index is 2.11. The molecule has 6 nitrogen and oxygen atoms in total. The van der Waals surface area contributed by atoms with Crippen molar-refractivity contribution in [2.75, 3.05) is 17.7 Å². The minimum absolute atomic E-state index is 0.160. The molecule has 0 aliphatic carbocycles. The van der Waals surface area contributed by atoms with E-state index >= 15 is 0 Å². The van der Waals surface area contributed by atoms with E-state index in [1.807, 2.05) is 17.8 Å². The molecule has 0 atom stereocenters. The van der Waals surface area contributed by atoms with E-state index in [9.17, 15) is 4.39 Å². The van der Waals surface area contributed by atoms with Gasteiger partial charge in [0, 0.05) is 26.5 Å². The van der Waals surface area contributed by atoms with Gasteiger partial charge in [-0.15, -0.1) is 0 Å². The second kappa shape index (κ2) is 4.77. The van der Waals surface area contributed by atoms with Gasteiger partial charge in [-0.05, 0) is 0 Å². The molecule has 0 saturated carbocycles. The van der Waals surface area contributed by atoms with Crippen LogP contribution in [-0.4, -0.2) is 26.6 Å². The standard InChI is InChI=1S/C10H13FN6/c1-12-10-15-5-7(11)9(16-10)14-6-8-13-3-4-17(8)2/h3-5H,6H2,1-2H3,(H2,12,14,15,16). The Labute approximate surface area is 97.9 Å². The molecular formula is C10H13FN6. The summed E-state index contributed by atoms with van der Waals surface area (Å²) in [6.07, 6.45) is 4.64. The number of hydrogen-bond donors (Lipinski definition) is 2. The van der Waals surface area contributed by atoms with Crippen LogP contribution < -0.4 is 10.6 Å². The van der Waals surface area contributed by atoms with Crippen molar-refractivity contribution in [3.05, 3.63) is 30.2 Å². The Hall–Kier alpha value is -2.18. The van der Waals surface area contributed by atoms with E-state index in [0.717, 1.165) is 12.0 Å². The van der Waals surface area contributed by atoms with E-state index in [0.29, 0.717) is 12.5 Å². The Kier molecular flexibility index (Phi) is 3.17. The average molecular weight is 236 g/mol. The van der Waals surface area contributed by atoms with Gasteiger partial charge in [-0.25, -0.2) is 14.4 Å². The smallest absolute Gasteiger partial charge is 0.224 e. The molecule has 0 aromatic carbocycles. The zero-order chi connectivity index (χ0) is 12.3. The number of nitrogens with zero attached hydrogens (tertiary/aromatic N) is 4. The third-order valence-corrected chi connectivity index (χ3v) is 2.30. The van der Waals surface area contributed by atoms with Crippen LogP contribution >= 0.6 is 0 Å². The largest absolute Gasteiger partial charge is 0.360 e. The summed E-state index contributed by atoms with van der Waals surface area (Å²) in [7, 11) is 3.55. The van der Waals surface area contributed by atoms with E-state index in [1.165, 1.54) is 0 Å². The monoisotopic (exact) mass is 236 g/mol. The Morgan fingerprint density at radius 2 is 2.24 bits per heavy atom. The maximum Gasteiger partial charge on any atom is 0.224 e. The van der Waals surface area contributed by atoms with Gasteiger partial charge in [-0.3, -0.25) is 0 Å². The van der Waals surface area contributed by atoms with Crippen molar-refractivity contribution in [1.82, 2.24) is 19.5 Å². The highest BCUT2D eigenvalue weighted by Gasteiger charge is 2.07. The zero-order valence-electron chi connectivity index (χ0n) is 9.61. The molecule has 2 aromatic heterocycles. The third-order valence-electron chi connectivity index (χ3n) is 2.30. The van der Waals surface area contributed by atoms with Gasteiger partial charge in [0.05, 0.1) is 12.7 Å². The number of aromatic nitrogens is 4. The van der Waals surface area contributed by atoms with Crippen LogP contribution in [0.2, 0.25) is 0 Å². The van der Waals surface area contributed by atoms with Gasteiger partial charge in [0.2, 0.25) is 5.95 Å². The van der Waals surface area contributed by atoms with Gasteiger partial charge in [0.15, 0.2) is 11.6 Å². The highest BCUT2D eigenvalue weighted by atomic mass is 19.1. The van der Waals surface area contributed by atoms with E-state index in [4.69, 9.17) is 0 Å². The summed E-state index contributed by atoms with van der Waals surface area (Å²) in [6.45, 7) is 0.403. The van der Waals surface area contributed by atoms with Crippen molar-refractivity contribution in [2.45, 2.75) is 6.54 Å². The van der Waals surface area contributed by atoms with Crippen LogP contribution in [0.25, 0.3) is 0 Å². The molecule has 0 aliphatic heterocycles. The van der Waals surface area contributed by atoms with Gasteiger partial charge in [-0.1, -0.05) is 0 Å². The molecule has 0 aliphatic rings. The van der Waals surface area contributed by atoms with Crippen LogP contribution in [0.5, 0.6) is 0 Å². The van der Waals surface area contributed by atoms with Crippen molar-refractivity contribution in [3.8, 4) is 0 Å². The minimum Gasteiger partial charge on any atom is -0.360 e. The van der Waals surface area contributed by atoms with Crippen LogP contribution in [0.1, 0.15) is 5.82 Å². The maximum atomic E-state index is 13.4. The Morgan fingerprint density at radius 3 is 2.88 bits per heavy atom. The summed E-state index contributed by atoms with van der Waals surface area (Å²) in [5.74, 6) is 0.841. The second-order valence-corrected chi connectivity index (χ2v) is 3.45. The summed E-state index contributed by atoms with van der Waals surface area (Å²) in [5, 5.41) is 5.63. The number of hydrogen-bond acceptors (Lipinski definition) is 5. The molecule has 0 fully saturated rings. The molecule has 0 spiro atoms. The highest BCUT2D eigenvalue weighted by molar-refractivity contribution is 5.40. The fourth-order valence-corrected chi connectivity index (χ4v) is 1.34. The number of imidazole rings is 1. The SMILES string of the molecule is CNc1ncc(F)c(NCc2nccn2C)n1. The average Bonchev–Trinajstić information content (AvgIpc) is 2.74. The van der Waals surface area contributed by atoms with Crippen molar-refractivity contribution in [1.29, 1.82) is 0 Å². The van der Waals surface area contributed by atoms with Gasteiger partial charge in [0.25, 0.3) is 0 Å². The first-order chi connectivity index (χ1) is 8.20. The second-order valence-electron chi connectivity index (χ2n) is 3.45. The molecule has 2 N–H and O–H groups in total. The molecule has 0 amide bonds. The number of nitrogens with one attached hydrogen (secondary N) is 2. The van der Waals surface area contributed by atoms with E-state index < -0.39 is 5.82 Å². The van der Waals surface area contributed by atoms with Crippen molar-refractivity contribution in [3.63, 3.8) is 0 Å². The number of anilines is 2. The first-order valence-corrected chi connectivity index (χ1v) is 5.11. The molecule has 0 radical (unpaired) electrons. The van der Waals surface area contributed by atoms with Gasteiger partial charge >= 0.3 is 0 Å². The Morgan fingerprint density at radius 1 is 1.41 bits per heavy atom. The number of rotatable bonds is 4. The molecule has 7 heteroatoms. The maximum absolute atomic E-state index is 13.4. The summed E-state index contributed by atoms with van der Waals surface area (Å²) in [4.78, 5) is 11.9. The van der Waals surface area contributed by atoms with Gasteiger partial charge < -0.3 is 15.2 Å². The molecule has 17 heavy (non-hydrogen) atoms. The van der Waals surface area contributed by atoms with E-state index in [-0.39, 0.29) is 5.82 Å². The summed E-state index contributed by atoms with van der Waals surface area (Å²) in [6, 6.07) is 0. The van der Waals surface area contributed by atoms with Crippen molar-refractivity contribution in [2.24, 2.45) is 7.05 Å². The molecule has 2 rings (SSSR count). The predicted octanol–water partition coefficient (Wildman–Crippen LogP) is 1.00. The minimum atomic E-state index is -0.488. The van der Waals surface area contributed by atoms with Crippen LogP contribution in [0.4, 0.5) is 16.2 Å². The molecule has 2 aromatic rings. The van der Waals surface area contributed by atoms with E-state index in [2.05, 4.69) is 25.6 Å². The lowest BCUT2D eigenvalue weighted by atomic mass is 10.5. The van der Waals surface area contributed by atoms with Crippen LogP contribution in [-0.2, 0) is 13.6 Å². The summed E-state index contributed by atoms with van der Waals surface area (Å²) in [5.41, 5.74) is 0. The first-order valence-electron chi connectivity index (χ1n) is 5.11. The lowest BCUT2D eigenvalue weighted by Gasteiger charge is -2.07. The first kappa shape index (κ1) is 11.3. The van der Waals surface area contributed by atoms with Gasteiger partial charge in [0.1, 0.15) is 5.82 Å². The predicted molar refractivity (Wildman–Crippen MR) is 62.1 cm³/mol.